The van der Waals surface area contributed by atoms with Crippen LogP contribution in [0.1, 0.15) is 18.9 Å². The van der Waals surface area contributed by atoms with Gasteiger partial charge in [-0.3, -0.25) is 4.79 Å². The van der Waals surface area contributed by atoms with E-state index < -0.39 is 29.4 Å². The molecule has 0 saturated carbocycles. The van der Waals surface area contributed by atoms with Crippen molar-refractivity contribution in [2.45, 2.75) is 26.0 Å². The number of carbonyl (C=O) groups excluding carboxylic acids is 1. The number of ether oxygens (including phenoxy) is 2. The molecule has 1 aromatic rings. The summed E-state index contributed by atoms with van der Waals surface area (Å²) in [5, 5.41) is 2.97. The van der Waals surface area contributed by atoms with E-state index in [1.807, 2.05) is 0 Å². The second kappa shape index (κ2) is 8.53. The van der Waals surface area contributed by atoms with Gasteiger partial charge in [-0.15, -0.1) is 0 Å². The number of hydrogen-bond donors (Lipinski definition) is 2. The summed E-state index contributed by atoms with van der Waals surface area (Å²) in [6.45, 7) is 3.00. The second-order valence-corrected chi connectivity index (χ2v) is 4.48. The molecular formula is C14H20F2N2O3. The Balaban J connectivity index is 2.77. The van der Waals surface area contributed by atoms with Gasteiger partial charge < -0.3 is 20.5 Å². The molecule has 0 saturated heterocycles. The molecule has 21 heavy (non-hydrogen) atoms. The molecule has 0 aromatic heterocycles. The Morgan fingerprint density at radius 1 is 1.38 bits per heavy atom. The lowest BCUT2D eigenvalue weighted by Crippen LogP contribution is -2.33. The van der Waals surface area contributed by atoms with Crippen LogP contribution < -0.4 is 15.8 Å². The lowest BCUT2D eigenvalue weighted by molar-refractivity contribution is -0.124. The van der Waals surface area contributed by atoms with Gasteiger partial charge in [0.1, 0.15) is 0 Å². The third-order valence-corrected chi connectivity index (χ3v) is 2.82. The van der Waals surface area contributed by atoms with Crippen molar-refractivity contribution in [3.8, 4) is 5.75 Å². The van der Waals surface area contributed by atoms with Gasteiger partial charge in [0.05, 0.1) is 6.61 Å². The van der Waals surface area contributed by atoms with Gasteiger partial charge in [0.15, 0.2) is 23.5 Å². The molecule has 0 aliphatic rings. The van der Waals surface area contributed by atoms with Crippen LogP contribution in [-0.4, -0.2) is 32.3 Å². The lowest BCUT2D eigenvalue weighted by Gasteiger charge is -2.16. The molecule has 1 amide bonds. The minimum absolute atomic E-state index is 0.231. The molecule has 0 heterocycles. The van der Waals surface area contributed by atoms with Crippen molar-refractivity contribution in [1.82, 2.24) is 5.32 Å². The Morgan fingerprint density at radius 2 is 2.00 bits per heavy atom. The van der Waals surface area contributed by atoms with E-state index in [0.717, 1.165) is 12.1 Å². The van der Waals surface area contributed by atoms with Gasteiger partial charge >= 0.3 is 0 Å². The number of methoxy groups -OCH3 is 1. The van der Waals surface area contributed by atoms with Gasteiger partial charge in [-0.05, 0) is 24.1 Å². The molecule has 0 bridgehead atoms. The first-order valence-corrected chi connectivity index (χ1v) is 6.63. The minimum Gasteiger partial charge on any atom is -0.474 e. The van der Waals surface area contributed by atoms with E-state index in [-0.39, 0.29) is 6.42 Å². The fraction of sp³-hybridized carbons (Fsp3) is 0.500. The van der Waals surface area contributed by atoms with Crippen LogP contribution in [0.3, 0.4) is 0 Å². The first kappa shape index (κ1) is 17.3. The highest BCUT2D eigenvalue weighted by Gasteiger charge is 2.20. The Morgan fingerprint density at radius 3 is 2.48 bits per heavy atom. The van der Waals surface area contributed by atoms with Crippen LogP contribution in [0.5, 0.6) is 5.75 Å². The number of nitrogens with one attached hydrogen (secondary N) is 1. The van der Waals surface area contributed by atoms with Crippen LogP contribution in [0.25, 0.3) is 0 Å². The van der Waals surface area contributed by atoms with E-state index in [2.05, 4.69) is 5.32 Å². The topological polar surface area (TPSA) is 73.6 Å². The number of nitrogens with two attached hydrogens (primary N) is 1. The Kier molecular flexibility index (Phi) is 7.04. The first-order valence-electron chi connectivity index (χ1n) is 6.63. The van der Waals surface area contributed by atoms with Gasteiger partial charge in [0.2, 0.25) is 0 Å². The maximum Gasteiger partial charge on any atom is 0.258 e. The smallest absolute Gasteiger partial charge is 0.258 e. The molecule has 7 heteroatoms. The standard InChI is InChI=1S/C14H20F2N2O3/c1-3-12(14(17)19)21-13-10(15)6-9(7-11(13)16)8-18-4-5-20-2/h6-7,12,18H,3-5,8H2,1-2H3,(H2,17,19). The summed E-state index contributed by atoms with van der Waals surface area (Å²) in [7, 11) is 1.57. The molecule has 1 atom stereocenters. The summed E-state index contributed by atoms with van der Waals surface area (Å²) >= 11 is 0. The average Bonchev–Trinajstić information content (AvgIpc) is 2.42. The molecule has 1 rings (SSSR count). The molecule has 1 aromatic carbocycles. The maximum absolute atomic E-state index is 13.9. The highest BCUT2D eigenvalue weighted by Crippen LogP contribution is 2.25. The molecule has 3 N–H and O–H groups in total. The monoisotopic (exact) mass is 302 g/mol. The predicted octanol–water partition coefficient (Wildman–Crippen LogP) is 1.34. The quantitative estimate of drug-likeness (QED) is 0.675. The van der Waals surface area contributed by atoms with E-state index in [1.165, 1.54) is 0 Å². The fourth-order valence-electron chi connectivity index (χ4n) is 1.72. The normalized spacial score (nSPS) is 12.2. The molecule has 0 radical (unpaired) electrons. The lowest BCUT2D eigenvalue weighted by atomic mass is 10.2. The number of amides is 1. The van der Waals surface area contributed by atoms with Crippen LogP contribution >= 0.6 is 0 Å². The van der Waals surface area contributed by atoms with Gasteiger partial charge in [-0.1, -0.05) is 6.92 Å². The second-order valence-electron chi connectivity index (χ2n) is 4.48. The van der Waals surface area contributed by atoms with Crippen molar-refractivity contribution in [2.24, 2.45) is 5.73 Å². The van der Waals surface area contributed by atoms with Crippen molar-refractivity contribution in [2.75, 3.05) is 20.3 Å². The zero-order valence-corrected chi connectivity index (χ0v) is 12.1. The first-order chi connectivity index (χ1) is 9.99. The number of halogens is 2. The Labute approximate surface area is 122 Å². The number of primary amides is 1. The van der Waals surface area contributed by atoms with E-state index in [9.17, 15) is 13.6 Å². The largest absolute Gasteiger partial charge is 0.474 e. The molecule has 0 aliphatic carbocycles. The summed E-state index contributed by atoms with van der Waals surface area (Å²) in [4.78, 5) is 11.1. The summed E-state index contributed by atoms with van der Waals surface area (Å²) < 4.78 is 37.6. The van der Waals surface area contributed by atoms with Crippen molar-refractivity contribution in [1.29, 1.82) is 0 Å². The maximum atomic E-state index is 13.9. The molecule has 0 aliphatic heterocycles. The summed E-state index contributed by atoms with van der Waals surface area (Å²) in [5.74, 6) is -3.07. The fourth-order valence-corrected chi connectivity index (χ4v) is 1.72. The third-order valence-electron chi connectivity index (χ3n) is 2.82. The zero-order chi connectivity index (χ0) is 15.8. The third kappa shape index (κ3) is 5.28. The predicted molar refractivity (Wildman–Crippen MR) is 73.8 cm³/mol. The zero-order valence-electron chi connectivity index (χ0n) is 12.1. The number of rotatable bonds is 9. The van der Waals surface area contributed by atoms with Gasteiger partial charge in [0, 0.05) is 20.2 Å². The average molecular weight is 302 g/mol. The molecule has 0 fully saturated rings. The molecule has 118 valence electrons. The SMILES string of the molecule is CCC(Oc1c(F)cc(CNCCOC)cc1F)C(N)=O. The van der Waals surface area contributed by atoms with E-state index in [4.69, 9.17) is 15.2 Å². The number of hydrogen-bond acceptors (Lipinski definition) is 4. The molecule has 5 nitrogen and oxygen atoms in total. The van der Waals surface area contributed by atoms with Crippen molar-refractivity contribution < 1.29 is 23.0 Å². The van der Waals surface area contributed by atoms with Crippen LogP contribution in [-0.2, 0) is 16.1 Å². The van der Waals surface area contributed by atoms with Crippen LogP contribution in [0.2, 0.25) is 0 Å². The molecular weight excluding hydrogens is 282 g/mol. The van der Waals surface area contributed by atoms with Crippen LogP contribution in [0.4, 0.5) is 8.78 Å². The van der Waals surface area contributed by atoms with Gasteiger partial charge in [-0.25, -0.2) is 8.78 Å². The number of carbonyl (C=O) groups is 1. The van der Waals surface area contributed by atoms with Crippen molar-refractivity contribution >= 4 is 5.91 Å². The van der Waals surface area contributed by atoms with E-state index in [1.54, 1.807) is 14.0 Å². The van der Waals surface area contributed by atoms with Gasteiger partial charge in [0.25, 0.3) is 5.91 Å². The molecule has 0 spiro atoms. The number of benzene rings is 1. The van der Waals surface area contributed by atoms with E-state index >= 15 is 0 Å². The van der Waals surface area contributed by atoms with E-state index in [0.29, 0.717) is 25.3 Å². The van der Waals surface area contributed by atoms with Crippen LogP contribution in [0.15, 0.2) is 12.1 Å². The Hall–Kier alpha value is -1.73. The van der Waals surface area contributed by atoms with Gasteiger partial charge in [-0.2, -0.15) is 0 Å². The van der Waals surface area contributed by atoms with Crippen LogP contribution in [0, 0.1) is 11.6 Å². The molecule has 1 unspecified atom stereocenters. The highest BCUT2D eigenvalue weighted by atomic mass is 19.1. The summed E-state index contributed by atoms with van der Waals surface area (Å²) in [6.07, 6.45) is -0.825. The Bertz CT molecular complexity index is 460. The summed E-state index contributed by atoms with van der Waals surface area (Å²) in [6, 6.07) is 2.32. The minimum atomic E-state index is -1.06. The summed E-state index contributed by atoms with van der Waals surface area (Å²) in [5.41, 5.74) is 5.52. The van der Waals surface area contributed by atoms with Crippen molar-refractivity contribution in [3.05, 3.63) is 29.3 Å². The highest BCUT2D eigenvalue weighted by molar-refractivity contribution is 5.79. The van der Waals surface area contributed by atoms with Crippen molar-refractivity contribution in [3.63, 3.8) is 0 Å².